The van der Waals surface area contributed by atoms with Crippen molar-refractivity contribution in [2.24, 2.45) is 11.3 Å². The van der Waals surface area contributed by atoms with Crippen molar-refractivity contribution in [2.75, 3.05) is 17.6 Å². The van der Waals surface area contributed by atoms with Gasteiger partial charge in [-0.15, -0.1) is 0 Å². The van der Waals surface area contributed by atoms with Gasteiger partial charge >= 0.3 is 5.97 Å². The van der Waals surface area contributed by atoms with Gasteiger partial charge in [0.1, 0.15) is 0 Å². The molecule has 2 fully saturated rings. The number of carboxylic acids is 1. The molecule has 2 aliphatic carbocycles. The highest BCUT2D eigenvalue weighted by molar-refractivity contribution is 5.95. The Morgan fingerprint density at radius 1 is 1.44 bits per heavy atom. The summed E-state index contributed by atoms with van der Waals surface area (Å²) in [5.41, 5.74) is 7.52. The predicted octanol–water partition coefficient (Wildman–Crippen LogP) is 2.57. The molecule has 3 rings (SSSR count). The van der Waals surface area contributed by atoms with E-state index in [0.717, 1.165) is 12.5 Å². The maximum atomic E-state index is 11.2. The number of rotatable bonds is 5. The first kappa shape index (κ1) is 11.4. The van der Waals surface area contributed by atoms with Gasteiger partial charge < -0.3 is 16.2 Å². The SMILES string of the molecule is Nc1ccc(NCC2(C3CC3)CC2)c(C(=O)O)c1. The van der Waals surface area contributed by atoms with Gasteiger partial charge in [0.25, 0.3) is 0 Å². The second kappa shape index (κ2) is 3.90. The van der Waals surface area contributed by atoms with Gasteiger partial charge in [-0.05, 0) is 55.2 Å². The highest BCUT2D eigenvalue weighted by Crippen LogP contribution is 2.61. The van der Waals surface area contributed by atoms with Crippen LogP contribution in [0.25, 0.3) is 0 Å². The normalized spacial score (nSPS) is 20.4. The van der Waals surface area contributed by atoms with Crippen molar-refractivity contribution in [1.82, 2.24) is 0 Å². The molecule has 1 aromatic carbocycles. The largest absolute Gasteiger partial charge is 0.478 e. The van der Waals surface area contributed by atoms with Crippen LogP contribution in [-0.2, 0) is 0 Å². The molecule has 4 heteroatoms. The zero-order valence-electron chi connectivity index (χ0n) is 10.3. The number of nitrogens with one attached hydrogen (secondary N) is 1. The van der Waals surface area contributed by atoms with Crippen LogP contribution >= 0.6 is 0 Å². The van der Waals surface area contributed by atoms with E-state index in [1.165, 1.54) is 31.7 Å². The van der Waals surface area contributed by atoms with E-state index < -0.39 is 5.97 Å². The molecule has 4 N–H and O–H groups in total. The van der Waals surface area contributed by atoms with Crippen molar-refractivity contribution in [1.29, 1.82) is 0 Å². The molecular formula is C14H18N2O2. The molecule has 0 aromatic heterocycles. The van der Waals surface area contributed by atoms with Gasteiger partial charge in [-0.2, -0.15) is 0 Å². The molecular weight excluding hydrogens is 228 g/mol. The first-order valence-electron chi connectivity index (χ1n) is 6.47. The summed E-state index contributed by atoms with van der Waals surface area (Å²) in [4.78, 5) is 11.2. The quantitative estimate of drug-likeness (QED) is 0.698. The fourth-order valence-corrected chi connectivity index (χ4v) is 2.75. The highest BCUT2D eigenvalue weighted by Gasteiger charge is 2.53. The number of hydrogen-bond acceptors (Lipinski definition) is 3. The minimum absolute atomic E-state index is 0.265. The molecule has 0 atom stereocenters. The van der Waals surface area contributed by atoms with Crippen LogP contribution in [0.1, 0.15) is 36.0 Å². The van der Waals surface area contributed by atoms with Crippen molar-refractivity contribution in [3.63, 3.8) is 0 Å². The topological polar surface area (TPSA) is 75.3 Å². The Balaban J connectivity index is 1.74. The number of nitrogens with two attached hydrogens (primary N) is 1. The van der Waals surface area contributed by atoms with E-state index in [2.05, 4.69) is 5.32 Å². The molecule has 0 saturated heterocycles. The Morgan fingerprint density at radius 3 is 2.72 bits per heavy atom. The maximum Gasteiger partial charge on any atom is 0.337 e. The van der Waals surface area contributed by atoms with E-state index in [1.807, 2.05) is 0 Å². The highest BCUT2D eigenvalue weighted by atomic mass is 16.4. The molecule has 4 nitrogen and oxygen atoms in total. The lowest BCUT2D eigenvalue weighted by Gasteiger charge is -2.17. The van der Waals surface area contributed by atoms with Crippen molar-refractivity contribution in [3.05, 3.63) is 23.8 Å². The maximum absolute atomic E-state index is 11.2. The van der Waals surface area contributed by atoms with Crippen LogP contribution in [0.3, 0.4) is 0 Å². The first-order chi connectivity index (χ1) is 8.61. The van der Waals surface area contributed by atoms with Crippen LogP contribution in [0.4, 0.5) is 11.4 Å². The van der Waals surface area contributed by atoms with Crippen LogP contribution in [0.5, 0.6) is 0 Å². The molecule has 0 unspecified atom stereocenters. The lowest BCUT2D eigenvalue weighted by molar-refractivity contribution is 0.0698. The molecule has 0 radical (unpaired) electrons. The number of nitrogen functional groups attached to an aromatic ring is 1. The van der Waals surface area contributed by atoms with Crippen molar-refractivity contribution in [3.8, 4) is 0 Å². The van der Waals surface area contributed by atoms with Crippen LogP contribution in [0.2, 0.25) is 0 Å². The minimum atomic E-state index is -0.930. The summed E-state index contributed by atoms with van der Waals surface area (Å²) in [6, 6.07) is 5.02. The van der Waals surface area contributed by atoms with E-state index in [-0.39, 0.29) is 5.56 Å². The Morgan fingerprint density at radius 2 is 2.17 bits per heavy atom. The van der Waals surface area contributed by atoms with Gasteiger partial charge in [0.05, 0.1) is 5.56 Å². The summed E-state index contributed by atoms with van der Waals surface area (Å²) < 4.78 is 0. The molecule has 1 aromatic rings. The van der Waals surface area contributed by atoms with Gasteiger partial charge in [-0.1, -0.05) is 0 Å². The Bertz CT molecular complexity index is 491. The van der Waals surface area contributed by atoms with Gasteiger partial charge in [0.2, 0.25) is 0 Å². The number of aromatic carboxylic acids is 1. The molecule has 0 spiro atoms. The van der Waals surface area contributed by atoms with Crippen molar-refractivity contribution < 1.29 is 9.90 Å². The van der Waals surface area contributed by atoms with Gasteiger partial charge in [-0.3, -0.25) is 0 Å². The first-order valence-corrected chi connectivity index (χ1v) is 6.47. The fourth-order valence-electron chi connectivity index (χ4n) is 2.75. The average molecular weight is 246 g/mol. The third-order valence-electron chi connectivity index (χ3n) is 4.24. The molecule has 96 valence electrons. The molecule has 2 aliphatic rings. The fraction of sp³-hybridized carbons (Fsp3) is 0.500. The van der Waals surface area contributed by atoms with E-state index in [4.69, 9.17) is 10.8 Å². The smallest absolute Gasteiger partial charge is 0.337 e. The Labute approximate surface area is 106 Å². The standard InChI is InChI=1S/C14H18N2O2/c15-10-3-4-12(11(7-10)13(17)18)16-8-14(5-6-14)9-1-2-9/h3-4,7,9,16H,1-2,5-6,8,15H2,(H,17,18). The van der Waals surface area contributed by atoms with E-state index in [9.17, 15) is 4.79 Å². The van der Waals surface area contributed by atoms with Crippen LogP contribution < -0.4 is 11.1 Å². The monoisotopic (exact) mass is 246 g/mol. The molecule has 0 aliphatic heterocycles. The van der Waals surface area contributed by atoms with E-state index >= 15 is 0 Å². The zero-order chi connectivity index (χ0) is 12.8. The van der Waals surface area contributed by atoms with Gasteiger partial charge in [0, 0.05) is 17.9 Å². The third kappa shape index (κ3) is 2.03. The minimum Gasteiger partial charge on any atom is -0.478 e. The van der Waals surface area contributed by atoms with Crippen molar-refractivity contribution >= 4 is 17.3 Å². The number of anilines is 2. The Hall–Kier alpha value is -1.71. The van der Waals surface area contributed by atoms with Gasteiger partial charge in [0.15, 0.2) is 0 Å². The average Bonchev–Trinajstić information content (AvgIpc) is 3.19. The summed E-state index contributed by atoms with van der Waals surface area (Å²) in [7, 11) is 0. The predicted molar refractivity (Wildman–Crippen MR) is 70.7 cm³/mol. The zero-order valence-corrected chi connectivity index (χ0v) is 10.3. The summed E-state index contributed by atoms with van der Waals surface area (Å²) in [5.74, 6) is -0.0619. The Kier molecular flexibility index (Phi) is 2.47. The molecule has 0 heterocycles. The molecule has 0 bridgehead atoms. The van der Waals surface area contributed by atoms with Crippen LogP contribution in [0, 0.1) is 11.3 Å². The lowest BCUT2D eigenvalue weighted by Crippen LogP contribution is -2.18. The second-order valence-corrected chi connectivity index (χ2v) is 5.60. The summed E-state index contributed by atoms with van der Waals surface area (Å²) in [5, 5.41) is 12.5. The summed E-state index contributed by atoms with van der Waals surface area (Å²) in [6.07, 6.45) is 5.24. The summed E-state index contributed by atoms with van der Waals surface area (Å²) in [6.45, 7) is 0.891. The number of carboxylic acid groups (broad SMARTS) is 1. The number of hydrogen-bond donors (Lipinski definition) is 3. The van der Waals surface area contributed by atoms with E-state index in [1.54, 1.807) is 12.1 Å². The number of carbonyl (C=O) groups is 1. The van der Waals surface area contributed by atoms with Crippen LogP contribution in [-0.4, -0.2) is 17.6 Å². The van der Waals surface area contributed by atoms with Crippen LogP contribution in [0.15, 0.2) is 18.2 Å². The third-order valence-corrected chi connectivity index (χ3v) is 4.24. The number of benzene rings is 1. The second-order valence-electron chi connectivity index (χ2n) is 5.60. The molecule has 2 saturated carbocycles. The van der Waals surface area contributed by atoms with Crippen molar-refractivity contribution in [2.45, 2.75) is 25.7 Å². The van der Waals surface area contributed by atoms with Gasteiger partial charge in [-0.25, -0.2) is 4.79 Å². The lowest BCUT2D eigenvalue weighted by atomic mass is 10.0. The molecule has 18 heavy (non-hydrogen) atoms. The summed E-state index contributed by atoms with van der Waals surface area (Å²) >= 11 is 0. The molecule has 0 amide bonds. The van der Waals surface area contributed by atoms with E-state index in [0.29, 0.717) is 16.8 Å².